The minimum Gasteiger partial charge on any atom is -0.329 e. The number of nitrogens with zero attached hydrogens (tertiary/aromatic N) is 2. The first-order chi connectivity index (χ1) is 7.68. The van der Waals surface area contributed by atoms with Gasteiger partial charge in [-0.3, -0.25) is 9.48 Å². The summed E-state index contributed by atoms with van der Waals surface area (Å²) in [7, 11) is 1.83. The molecule has 0 spiro atoms. The van der Waals surface area contributed by atoms with Crippen molar-refractivity contribution < 1.29 is 4.79 Å². The van der Waals surface area contributed by atoms with Crippen molar-refractivity contribution in [1.82, 2.24) is 9.78 Å². The van der Waals surface area contributed by atoms with Crippen LogP contribution in [0.15, 0.2) is 12.3 Å². The van der Waals surface area contributed by atoms with Gasteiger partial charge in [-0.1, -0.05) is 19.3 Å². The molecule has 1 aromatic heterocycles. The number of carbonyl (C=O) groups excluding carboxylic acids is 1. The highest BCUT2D eigenvalue weighted by atomic mass is 16.1. The van der Waals surface area contributed by atoms with Crippen LogP contribution in [0.1, 0.15) is 42.6 Å². The molecule has 0 atom stereocenters. The molecule has 0 unspecified atom stereocenters. The topological polar surface area (TPSA) is 60.9 Å². The molecule has 0 saturated heterocycles. The van der Waals surface area contributed by atoms with Gasteiger partial charge >= 0.3 is 0 Å². The zero-order valence-corrected chi connectivity index (χ0v) is 9.78. The fourth-order valence-electron chi connectivity index (χ4n) is 2.56. The minimum absolute atomic E-state index is 0.135. The van der Waals surface area contributed by atoms with Gasteiger partial charge in [0.15, 0.2) is 5.78 Å². The number of rotatable bonds is 3. The molecule has 1 heterocycles. The van der Waals surface area contributed by atoms with E-state index in [0.717, 1.165) is 25.7 Å². The number of ketones is 1. The molecule has 1 aliphatic rings. The van der Waals surface area contributed by atoms with E-state index in [9.17, 15) is 4.79 Å². The fraction of sp³-hybridized carbons (Fsp3) is 0.667. The van der Waals surface area contributed by atoms with Crippen LogP contribution >= 0.6 is 0 Å². The molecule has 88 valence electrons. The van der Waals surface area contributed by atoms with Crippen molar-refractivity contribution in [3.05, 3.63) is 18.0 Å². The lowest BCUT2D eigenvalue weighted by Gasteiger charge is -2.33. The molecule has 1 aromatic rings. The minimum atomic E-state index is -0.341. The Morgan fingerprint density at radius 2 is 2.19 bits per heavy atom. The monoisotopic (exact) mass is 221 g/mol. The molecule has 2 rings (SSSR count). The molecule has 1 saturated carbocycles. The summed E-state index contributed by atoms with van der Waals surface area (Å²) in [5.74, 6) is 0.135. The Balaban J connectivity index is 2.24. The molecule has 16 heavy (non-hydrogen) atoms. The molecule has 1 aliphatic carbocycles. The van der Waals surface area contributed by atoms with Gasteiger partial charge in [0.2, 0.25) is 0 Å². The predicted molar refractivity (Wildman–Crippen MR) is 62.1 cm³/mol. The van der Waals surface area contributed by atoms with Crippen LogP contribution in [0.25, 0.3) is 0 Å². The van der Waals surface area contributed by atoms with Gasteiger partial charge in [0.1, 0.15) is 5.69 Å². The number of carbonyl (C=O) groups is 1. The van der Waals surface area contributed by atoms with E-state index in [-0.39, 0.29) is 11.2 Å². The lowest BCUT2D eigenvalue weighted by Crippen LogP contribution is -2.40. The van der Waals surface area contributed by atoms with Gasteiger partial charge in [-0.25, -0.2) is 0 Å². The van der Waals surface area contributed by atoms with Crippen LogP contribution < -0.4 is 5.73 Å². The van der Waals surface area contributed by atoms with E-state index in [1.165, 1.54) is 6.42 Å². The average Bonchev–Trinajstić information content (AvgIpc) is 2.76. The lowest BCUT2D eigenvalue weighted by atomic mass is 9.70. The number of hydrogen-bond acceptors (Lipinski definition) is 3. The zero-order chi connectivity index (χ0) is 11.6. The van der Waals surface area contributed by atoms with Crippen LogP contribution in [0.4, 0.5) is 0 Å². The molecule has 0 aromatic carbocycles. The number of aromatic nitrogens is 2. The highest BCUT2D eigenvalue weighted by Gasteiger charge is 2.39. The Bertz CT molecular complexity index is 377. The van der Waals surface area contributed by atoms with Crippen LogP contribution in [0, 0.1) is 5.41 Å². The normalized spacial score (nSPS) is 19.6. The Morgan fingerprint density at radius 1 is 1.50 bits per heavy atom. The summed E-state index contributed by atoms with van der Waals surface area (Å²) in [6, 6.07) is 1.79. The summed E-state index contributed by atoms with van der Waals surface area (Å²) in [6.45, 7) is 0.447. The summed E-state index contributed by atoms with van der Waals surface area (Å²) >= 11 is 0. The van der Waals surface area contributed by atoms with Gasteiger partial charge in [-0.05, 0) is 18.9 Å². The van der Waals surface area contributed by atoms with Crippen molar-refractivity contribution in [3.63, 3.8) is 0 Å². The second-order valence-corrected chi connectivity index (χ2v) is 4.75. The molecule has 0 aliphatic heterocycles. The van der Waals surface area contributed by atoms with E-state index >= 15 is 0 Å². The number of Topliss-reactive ketones (excluding diaryl/α,β-unsaturated/α-hetero) is 1. The predicted octanol–water partition coefficient (Wildman–Crippen LogP) is 1.51. The van der Waals surface area contributed by atoms with Gasteiger partial charge in [0, 0.05) is 25.2 Å². The second-order valence-electron chi connectivity index (χ2n) is 4.75. The fourth-order valence-corrected chi connectivity index (χ4v) is 2.56. The number of hydrogen-bond donors (Lipinski definition) is 1. The van der Waals surface area contributed by atoms with Gasteiger partial charge in [-0.15, -0.1) is 0 Å². The second kappa shape index (κ2) is 4.37. The van der Waals surface area contributed by atoms with E-state index in [1.807, 2.05) is 7.05 Å². The third-order valence-corrected chi connectivity index (χ3v) is 3.63. The van der Waals surface area contributed by atoms with Crippen molar-refractivity contribution in [1.29, 1.82) is 0 Å². The largest absolute Gasteiger partial charge is 0.329 e. The molecule has 4 nitrogen and oxygen atoms in total. The number of nitrogens with two attached hydrogens (primary N) is 1. The molecule has 1 fully saturated rings. The SMILES string of the molecule is Cn1ccc(C(=O)C2(CN)CCCCC2)n1. The average molecular weight is 221 g/mol. The van der Waals surface area contributed by atoms with Crippen molar-refractivity contribution in [2.45, 2.75) is 32.1 Å². The maximum absolute atomic E-state index is 12.4. The van der Waals surface area contributed by atoms with Crippen LogP contribution in [0.3, 0.4) is 0 Å². The highest BCUT2D eigenvalue weighted by molar-refractivity contribution is 5.99. The molecule has 0 amide bonds. The summed E-state index contributed by atoms with van der Waals surface area (Å²) in [4.78, 5) is 12.4. The molecule has 0 radical (unpaired) electrons. The van der Waals surface area contributed by atoms with E-state index in [0.29, 0.717) is 12.2 Å². The van der Waals surface area contributed by atoms with Crippen LogP contribution in [-0.2, 0) is 7.05 Å². The number of aryl methyl sites for hydroxylation is 1. The van der Waals surface area contributed by atoms with E-state index in [4.69, 9.17) is 5.73 Å². The van der Waals surface area contributed by atoms with E-state index < -0.39 is 0 Å². The molecule has 2 N–H and O–H groups in total. The van der Waals surface area contributed by atoms with Gasteiger partial charge in [0.05, 0.1) is 0 Å². The van der Waals surface area contributed by atoms with Crippen LogP contribution in [0.5, 0.6) is 0 Å². The Morgan fingerprint density at radius 3 is 2.69 bits per heavy atom. The Kier molecular flexibility index (Phi) is 3.10. The van der Waals surface area contributed by atoms with Crippen molar-refractivity contribution >= 4 is 5.78 Å². The van der Waals surface area contributed by atoms with Crippen LogP contribution in [-0.4, -0.2) is 22.1 Å². The van der Waals surface area contributed by atoms with Crippen molar-refractivity contribution in [3.8, 4) is 0 Å². The molecule has 0 bridgehead atoms. The first-order valence-corrected chi connectivity index (χ1v) is 5.92. The van der Waals surface area contributed by atoms with E-state index in [2.05, 4.69) is 5.10 Å². The quantitative estimate of drug-likeness (QED) is 0.787. The summed E-state index contributed by atoms with van der Waals surface area (Å²) in [5, 5.41) is 4.19. The third kappa shape index (κ3) is 1.89. The van der Waals surface area contributed by atoms with E-state index in [1.54, 1.807) is 16.9 Å². The Hall–Kier alpha value is -1.16. The first-order valence-electron chi connectivity index (χ1n) is 5.92. The van der Waals surface area contributed by atoms with Crippen LogP contribution in [0.2, 0.25) is 0 Å². The van der Waals surface area contributed by atoms with Gasteiger partial charge in [-0.2, -0.15) is 5.10 Å². The van der Waals surface area contributed by atoms with Crippen molar-refractivity contribution in [2.75, 3.05) is 6.54 Å². The molecule has 4 heteroatoms. The third-order valence-electron chi connectivity index (χ3n) is 3.63. The Labute approximate surface area is 95.8 Å². The maximum atomic E-state index is 12.4. The molecular formula is C12H19N3O. The van der Waals surface area contributed by atoms with Crippen molar-refractivity contribution in [2.24, 2.45) is 18.2 Å². The summed E-state index contributed by atoms with van der Waals surface area (Å²) in [6.07, 6.45) is 7.07. The van der Waals surface area contributed by atoms with Gasteiger partial charge < -0.3 is 5.73 Å². The molecular weight excluding hydrogens is 202 g/mol. The first kappa shape index (κ1) is 11.3. The highest BCUT2D eigenvalue weighted by Crippen LogP contribution is 2.37. The lowest BCUT2D eigenvalue weighted by molar-refractivity contribution is 0.0723. The zero-order valence-electron chi connectivity index (χ0n) is 9.78. The van der Waals surface area contributed by atoms with Gasteiger partial charge in [0.25, 0.3) is 0 Å². The summed E-state index contributed by atoms with van der Waals surface area (Å²) in [5.41, 5.74) is 6.05. The standard InChI is InChI=1S/C12H19N3O/c1-15-8-5-10(14-15)11(16)12(9-13)6-3-2-4-7-12/h5,8H,2-4,6-7,9,13H2,1H3. The smallest absolute Gasteiger partial charge is 0.190 e. The summed E-state index contributed by atoms with van der Waals surface area (Å²) < 4.78 is 1.67. The maximum Gasteiger partial charge on any atom is 0.190 e.